The first-order valence-electron chi connectivity index (χ1n) is 6.22. The number of hydrogen-bond donors (Lipinski definition) is 0. The molecule has 0 spiro atoms. The minimum Gasteiger partial charge on any atom is -0.291 e. The normalized spacial score (nSPS) is 21.2. The molecule has 0 aromatic carbocycles. The summed E-state index contributed by atoms with van der Waals surface area (Å²) in [6, 6.07) is 1.66. The second-order valence-electron chi connectivity index (χ2n) is 4.83. The maximum Gasteiger partial charge on any atom is 0.211 e. The smallest absolute Gasteiger partial charge is 0.211 e. The van der Waals surface area contributed by atoms with E-state index in [2.05, 4.69) is 9.97 Å². The van der Waals surface area contributed by atoms with Crippen molar-refractivity contribution in [3.05, 3.63) is 24.3 Å². The van der Waals surface area contributed by atoms with Crippen molar-refractivity contribution in [2.45, 2.75) is 19.3 Å². The van der Waals surface area contributed by atoms with Crippen LogP contribution in [0.25, 0.3) is 0 Å². The highest BCUT2D eigenvalue weighted by Crippen LogP contribution is 2.22. The van der Waals surface area contributed by atoms with E-state index < -0.39 is 10.0 Å². The molecule has 1 aliphatic heterocycles. The van der Waals surface area contributed by atoms with Crippen LogP contribution >= 0.6 is 0 Å². The summed E-state index contributed by atoms with van der Waals surface area (Å²) in [6.07, 6.45) is 6.23. The highest BCUT2D eigenvalue weighted by atomic mass is 32.2. The van der Waals surface area contributed by atoms with Gasteiger partial charge in [-0.2, -0.15) is 0 Å². The molecule has 1 aromatic heterocycles. The summed E-state index contributed by atoms with van der Waals surface area (Å²) in [5.74, 6) is 0.139. The van der Waals surface area contributed by atoms with Crippen LogP contribution in [0, 0.1) is 5.92 Å². The van der Waals surface area contributed by atoms with Gasteiger partial charge in [0.05, 0.1) is 6.26 Å². The Balaban J connectivity index is 1.98. The van der Waals surface area contributed by atoms with E-state index in [1.54, 1.807) is 6.07 Å². The largest absolute Gasteiger partial charge is 0.291 e. The molecule has 104 valence electrons. The van der Waals surface area contributed by atoms with Crippen molar-refractivity contribution in [1.82, 2.24) is 14.3 Å². The van der Waals surface area contributed by atoms with Crippen LogP contribution in [0.2, 0.25) is 0 Å². The van der Waals surface area contributed by atoms with Gasteiger partial charge in [0.15, 0.2) is 11.6 Å². The summed E-state index contributed by atoms with van der Waals surface area (Å²) in [6.45, 7) is 0.961. The molecule has 0 amide bonds. The zero-order chi connectivity index (χ0) is 13.9. The van der Waals surface area contributed by atoms with Gasteiger partial charge in [-0.25, -0.2) is 22.7 Å². The molecule has 1 aliphatic rings. The first kappa shape index (κ1) is 14.1. The molecule has 0 bridgehead atoms. The van der Waals surface area contributed by atoms with Gasteiger partial charge in [0.1, 0.15) is 0 Å². The van der Waals surface area contributed by atoms with E-state index in [9.17, 15) is 13.2 Å². The second-order valence-corrected chi connectivity index (χ2v) is 6.81. The second kappa shape index (κ2) is 5.75. The zero-order valence-corrected chi connectivity index (χ0v) is 11.6. The van der Waals surface area contributed by atoms with Gasteiger partial charge in [-0.3, -0.25) is 4.79 Å². The Kier molecular flexibility index (Phi) is 4.26. The van der Waals surface area contributed by atoms with E-state index in [0.29, 0.717) is 19.5 Å². The third kappa shape index (κ3) is 3.81. The van der Waals surface area contributed by atoms with E-state index >= 15 is 0 Å². The molecular weight excluding hydrogens is 266 g/mol. The van der Waals surface area contributed by atoms with Gasteiger partial charge in [0, 0.05) is 31.9 Å². The molecule has 0 N–H and O–H groups in total. The maximum absolute atomic E-state index is 12.0. The topological polar surface area (TPSA) is 80.2 Å². The van der Waals surface area contributed by atoms with E-state index in [1.165, 1.54) is 23.0 Å². The number of ketones is 1. The fourth-order valence-electron chi connectivity index (χ4n) is 2.29. The summed E-state index contributed by atoms with van der Waals surface area (Å²) in [5, 5.41) is 0. The summed E-state index contributed by atoms with van der Waals surface area (Å²) >= 11 is 0. The van der Waals surface area contributed by atoms with Crippen molar-refractivity contribution in [2.75, 3.05) is 19.3 Å². The number of nitrogens with zero attached hydrogens (tertiary/aromatic N) is 3. The number of hydrogen-bond acceptors (Lipinski definition) is 5. The lowest BCUT2D eigenvalue weighted by molar-refractivity contribution is 0.0932. The van der Waals surface area contributed by atoms with Crippen molar-refractivity contribution in [1.29, 1.82) is 0 Å². The Morgan fingerprint density at radius 3 is 2.74 bits per heavy atom. The lowest BCUT2D eigenvalue weighted by atomic mass is 9.94. The highest BCUT2D eigenvalue weighted by molar-refractivity contribution is 7.88. The van der Waals surface area contributed by atoms with Crippen LogP contribution in [-0.2, 0) is 10.0 Å². The Morgan fingerprint density at radius 2 is 2.11 bits per heavy atom. The SMILES string of the molecule is CS(=O)(=O)N1CCCC(CC(=O)c2ncccn2)C1. The number of carbonyl (C=O) groups is 1. The Hall–Kier alpha value is -1.34. The van der Waals surface area contributed by atoms with Crippen LogP contribution in [0.3, 0.4) is 0 Å². The molecule has 1 saturated heterocycles. The van der Waals surface area contributed by atoms with Gasteiger partial charge in [-0.05, 0) is 24.8 Å². The van der Waals surface area contributed by atoms with Crippen LogP contribution in [0.1, 0.15) is 29.9 Å². The van der Waals surface area contributed by atoms with Crippen molar-refractivity contribution >= 4 is 15.8 Å². The molecule has 2 heterocycles. The van der Waals surface area contributed by atoms with Crippen LogP contribution in [0.4, 0.5) is 0 Å². The maximum atomic E-state index is 12.0. The van der Waals surface area contributed by atoms with Crippen molar-refractivity contribution in [3.8, 4) is 0 Å². The van der Waals surface area contributed by atoms with Gasteiger partial charge in [0.2, 0.25) is 10.0 Å². The first-order valence-corrected chi connectivity index (χ1v) is 8.07. The molecule has 0 saturated carbocycles. The molecule has 1 unspecified atom stereocenters. The zero-order valence-electron chi connectivity index (χ0n) is 10.8. The highest BCUT2D eigenvalue weighted by Gasteiger charge is 2.27. The Labute approximate surface area is 112 Å². The van der Waals surface area contributed by atoms with Crippen LogP contribution in [0.5, 0.6) is 0 Å². The van der Waals surface area contributed by atoms with Crippen LogP contribution in [0.15, 0.2) is 18.5 Å². The lowest BCUT2D eigenvalue weighted by Crippen LogP contribution is -2.39. The van der Waals surface area contributed by atoms with Gasteiger partial charge in [-0.1, -0.05) is 0 Å². The number of Topliss-reactive ketones (excluding diaryl/α,β-unsaturated/α-hetero) is 1. The van der Waals surface area contributed by atoms with Gasteiger partial charge < -0.3 is 0 Å². The van der Waals surface area contributed by atoms with E-state index in [4.69, 9.17) is 0 Å². The summed E-state index contributed by atoms with van der Waals surface area (Å²) in [4.78, 5) is 19.8. The number of rotatable bonds is 4. The van der Waals surface area contributed by atoms with Gasteiger partial charge in [0.25, 0.3) is 0 Å². The average Bonchev–Trinajstić information content (AvgIpc) is 2.39. The number of aromatic nitrogens is 2. The molecule has 1 atom stereocenters. The molecule has 19 heavy (non-hydrogen) atoms. The lowest BCUT2D eigenvalue weighted by Gasteiger charge is -2.30. The minimum absolute atomic E-state index is 0.0554. The van der Waals surface area contributed by atoms with Gasteiger partial charge in [-0.15, -0.1) is 0 Å². The number of sulfonamides is 1. The van der Waals surface area contributed by atoms with Crippen LogP contribution < -0.4 is 0 Å². The van der Waals surface area contributed by atoms with Crippen molar-refractivity contribution in [2.24, 2.45) is 5.92 Å². The number of piperidine rings is 1. The predicted octanol–water partition coefficient (Wildman–Crippen LogP) is 0.721. The van der Waals surface area contributed by atoms with E-state index in [1.807, 2.05) is 0 Å². The molecule has 1 aromatic rings. The fraction of sp³-hybridized carbons (Fsp3) is 0.583. The number of carbonyl (C=O) groups excluding carboxylic acids is 1. The first-order chi connectivity index (χ1) is 8.97. The Bertz CT molecular complexity index is 545. The summed E-state index contributed by atoms with van der Waals surface area (Å²) in [5.41, 5.74) is 0. The third-order valence-corrected chi connectivity index (χ3v) is 4.51. The molecule has 0 radical (unpaired) electrons. The molecular formula is C12H17N3O3S. The quantitative estimate of drug-likeness (QED) is 0.761. The standard InChI is InChI=1S/C12H17N3O3S/c1-19(17,18)15-7-2-4-10(9-15)8-11(16)12-13-5-3-6-14-12/h3,5-6,10H,2,4,7-9H2,1H3. The molecule has 0 aliphatic carbocycles. The minimum atomic E-state index is -3.17. The van der Waals surface area contributed by atoms with E-state index in [0.717, 1.165) is 12.8 Å². The van der Waals surface area contributed by atoms with Crippen molar-refractivity contribution < 1.29 is 13.2 Å². The molecule has 1 fully saturated rings. The molecule has 7 heteroatoms. The van der Waals surface area contributed by atoms with Crippen molar-refractivity contribution in [3.63, 3.8) is 0 Å². The average molecular weight is 283 g/mol. The molecule has 6 nitrogen and oxygen atoms in total. The summed E-state index contributed by atoms with van der Waals surface area (Å²) in [7, 11) is -3.17. The monoisotopic (exact) mass is 283 g/mol. The predicted molar refractivity (Wildman–Crippen MR) is 70.1 cm³/mol. The van der Waals surface area contributed by atoms with Gasteiger partial charge >= 0.3 is 0 Å². The summed E-state index contributed by atoms with van der Waals surface area (Å²) < 4.78 is 24.5. The van der Waals surface area contributed by atoms with Crippen LogP contribution in [-0.4, -0.2) is 47.8 Å². The Morgan fingerprint density at radius 1 is 1.42 bits per heavy atom. The molecule has 2 rings (SSSR count). The van der Waals surface area contributed by atoms with E-state index in [-0.39, 0.29) is 17.5 Å². The fourth-order valence-corrected chi connectivity index (χ4v) is 3.23. The third-order valence-electron chi connectivity index (χ3n) is 3.24.